The predicted octanol–water partition coefficient (Wildman–Crippen LogP) is 0.816. The summed E-state index contributed by atoms with van der Waals surface area (Å²) in [6.45, 7) is 5.41. The van der Waals surface area contributed by atoms with E-state index in [1.165, 1.54) is 0 Å². The van der Waals surface area contributed by atoms with E-state index in [1.807, 2.05) is 26.0 Å². The number of amides is 1. The second kappa shape index (κ2) is 5.35. The summed E-state index contributed by atoms with van der Waals surface area (Å²) in [4.78, 5) is 18.3. The second-order valence-electron chi connectivity index (χ2n) is 4.64. The van der Waals surface area contributed by atoms with Crippen LogP contribution in [0, 0.1) is 0 Å². The molecule has 2 atom stereocenters. The van der Waals surface area contributed by atoms with E-state index in [4.69, 9.17) is 5.73 Å². The number of rotatable bonds is 3. The standard InChI is InChI=1S/C13H20N4O/c1-3-11-13(18)16-6-7-17(11)12-8-10(9(2)14)4-5-15-12/h4-5,8-9,11H,3,6-7,14H2,1-2H3,(H,16,18)/t9-,11?/m0/s1. The lowest BCUT2D eigenvalue weighted by molar-refractivity contribution is -0.123. The maximum Gasteiger partial charge on any atom is 0.242 e. The van der Waals surface area contributed by atoms with Crippen molar-refractivity contribution in [3.8, 4) is 0 Å². The molecule has 1 aromatic heterocycles. The van der Waals surface area contributed by atoms with Crippen LogP contribution >= 0.6 is 0 Å². The number of piperazine rings is 1. The zero-order valence-corrected chi connectivity index (χ0v) is 10.9. The van der Waals surface area contributed by atoms with Gasteiger partial charge in [0, 0.05) is 25.3 Å². The molecular formula is C13H20N4O. The minimum absolute atomic E-state index is 0.0227. The van der Waals surface area contributed by atoms with E-state index in [2.05, 4.69) is 15.2 Å². The highest BCUT2D eigenvalue weighted by molar-refractivity contribution is 5.86. The van der Waals surface area contributed by atoms with Gasteiger partial charge in [-0.1, -0.05) is 6.92 Å². The Morgan fingerprint density at radius 1 is 1.67 bits per heavy atom. The van der Waals surface area contributed by atoms with Gasteiger partial charge in [0.1, 0.15) is 11.9 Å². The number of anilines is 1. The van der Waals surface area contributed by atoms with E-state index >= 15 is 0 Å². The van der Waals surface area contributed by atoms with Gasteiger partial charge in [0.15, 0.2) is 0 Å². The highest BCUT2D eigenvalue weighted by Gasteiger charge is 2.28. The first-order chi connectivity index (χ1) is 8.63. The van der Waals surface area contributed by atoms with Gasteiger partial charge in [-0.25, -0.2) is 4.98 Å². The number of carbonyl (C=O) groups excluding carboxylic acids is 1. The van der Waals surface area contributed by atoms with Gasteiger partial charge < -0.3 is 16.0 Å². The smallest absolute Gasteiger partial charge is 0.242 e. The summed E-state index contributed by atoms with van der Waals surface area (Å²) in [6, 6.07) is 3.74. The molecule has 0 aromatic carbocycles. The Morgan fingerprint density at radius 2 is 2.44 bits per heavy atom. The molecule has 1 amide bonds. The lowest BCUT2D eigenvalue weighted by Crippen LogP contribution is -2.55. The minimum Gasteiger partial charge on any atom is -0.353 e. The second-order valence-corrected chi connectivity index (χ2v) is 4.64. The number of nitrogens with two attached hydrogens (primary N) is 1. The Morgan fingerprint density at radius 3 is 3.11 bits per heavy atom. The Labute approximate surface area is 107 Å². The van der Waals surface area contributed by atoms with Crippen LogP contribution in [0.2, 0.25) is 0 Å². The predicted molar refractivity (Wildman–Crippen MR) is 71.3 cm³/mol. The highest BCUT2D eigenvalue weighted by atomic mass is 16.2. The Kier molecular flexibility index (Phi) is 3.81. The first-order valence-corrected chi connectivity index (χ1v) is 6.39. The number of hydrogen-bond acceptors (Lipinski definition) is 4. The van der Waals surface area contributed by atoms with Gasteiger partial charge in [-0.05, 0) is 31.0 Å². The van der Waals surface area contributed by atoms with Crippen molar-refractivity contribution >= 4 is 11.7 Å². The first-order valence-electron chi connectivity index (χ1n) is 6.39. The molecule has 0 bridgehead atoms. The van der Waals surface area contributed by atoms with E-state index < -0.39 is 0 Å². The fourth-order valence-corrected chi connectivity index (χ4v) is 2.27. The monoisotopic (exact) mass is 248 g/mol. The van der Waals surface area contributed by atoms with Crippen molar-refractivity contribution in [2.24, 2.45) is 5.73 Å². The molecule has 1 aliphatic heterocycles. The van der Waals surface area contributed by atoms with Crippen LogP contribution in [0.5, 0.6) is 0 Å². The number of hydrogen-bond donors (Lipinski definition) is 2. The van der Waals surface area contributed by atoms with Crippen LogP contribution in [-0.4, -0.2) is 30.0 Å². The average molecular weight is 248 g/mol. The molecular weight excluding hydrogens is 228 g/mol. The number of nitrogens with zero attached hydrogens (tertiary/aromatic N) is 2. The molecule has 0 saturated carbocycles. The van der Waals surface area contributed by atoms with E-state index in [1.54, 1.807) is 6.20 Å². The van der Waals surface area contributed by atoms with Crippen molar-refractivity contribution in [1.82, 2.24) is 10.3 Å². The molecule has 1 aromatic rings. The fraction of sp³-hybridized carbons (Fsp3) is 0.538. The van der Waals surface area contributed by atoms with Gasteiger partial charge in [-0.3, -0.25) is 4.79 Å². The molecule has 0 radical (unpaired) electrons. The van der Waals surface area contributed by atoms with Crippen LogP contribution in [0.4, 0.5) is 5.82 Å². The highest BCUT2D eigenvalue weighted by Crippen LogP contribution is 2.21. The summed E-state index contributed by atoms with van der Waals surface area (Å²) >= 11 is 0. The number of aromatic nitrogens is 1. The third kappa shape index (κ3) is 2.46. The quantitative estimate of drug-likeness (QED) is 0.830. The van der Waals surface area contributed by atoms with E-state index in [0.29, 0.717) is 6.54 Å². The summed E-state index contributed by atoms with van der Waals surface area (Å²) < 4.78 is 0. The van der Waals surface area contributed by atoms with Crippen molar-refractivity contribution in [3.05, 3.63) is 23.9 Å². The molecule has 1 unspecified atom stereocenters. The van der Waals surface area contributed by atoms with Crippen LogP contribution in [0.15, 0.2) is 18.3 Å². The summed E-state index contributed by atoms with van der Waals surface area (Å²) in [7, 11) is 0. The van der Waals surface area contributed by atoms with Crippen molar-refractivity contribution in [1.29, 1.82) is 0 Å². The molecule has 1 aliphatic rings. The van der Waals surface area contributed by atoms with Gasteiger partial charge in [-0.15, -0.1) is 0 Å². The number of pyridine rings is 1. The number of carbonyl (C=O) groups is 1. The number of nitrogens with one attached hydrogen (secondary N) is 1. The molecule has 3 N–H and O–H groups in total. The van der Waals surface area contributed by atoms with Gasteiger partial charge >= 0.3 is 0 Å². The van der Waals surface area contributed by atoms with Gasteiger partial charge in [0.25, 0.3) is 0 Å². The third-order valence-corrected chi connectivity index (χ3v) is 3.31. The molecule has 2 rings (SSSR count). The molecule has 98 valence electrons. The maximum atomic E-state index is 11.8. The summed E-state index contributed by atoms with van der Waals surface area (Å²) in [5.74, 6) is 0.920. The molecule has 1 saturated heterocycles. The van der Waals surface area contributed by atoms with Crippen molar-refractivity contribution in [2.75, 3.05) is 18.0 Å². The topological polar surface area (TPSA) is 71.2 Å². The summed E-state index contributed by atoms with van der Waals surface area (Å²) in [5, 5.41) is 2.89. The Balaban J connectivity index is 2.28. The van der Waals surface area contributed by atoms with E-state index in [9.17, 15) is 4.79 Å². The SMILES string of the molecule is CCC1C(=O)NCCN1c1cc([C@H](C)N)ccn1. The molecule has 5 heteroatoms. The lowest BCUT2D eigenvalue weighted by Gasteiger charge is -2.35. The molecule has 0 aliphatic carbocycles. The van der Waals surface area contributed by atoms with E-state index in [0.717, 1.165) is 24.3 Å². The molecule has 2 heterocycles. The van der Waals surface area contributed by atoms with E-state index in [-0.39, 0.29) is 18.0 Å². The third-order valence-electron chi connectivity index (χ3n) is 3.31. The zero-order valence-electron chi connectivity index (χ0n) is 10.9. The maximum absolute atomic E-state index is 11.8. The molecule has 18 heavy (non-hydrogen) atoms. The summed E-state index contributed by atoms with van der Waals surface area (Å²) in [6.07, 6.45) is 2.53. The molecule has 0 spiro atoms. The zero-order chi connectivity index (χ0) is 13.1. The molecule has 5 nitrogen and oxygen atoms in total. The van der Waals surface area contributed by atoms with Crippen LogP contribution < -0.4 is 16.0 Å². The van der Waals surface area contributed by atoms with Crippen LogP contribution in [0.1, 0.15) is 31.9 Å². The van der Waals surface area contributed by atoms with Crippen LogP contribution in [0.3, 0.4) is 0 Å². The van der Waals surface area contributed by atoms with Crippen LogP contribution in [-0.2, 0) is 4.79 Å². The summed E-state index contributed by atoms with van der Waals surface area (Å²) in [5.41, 5.74) is 6.92. The van der Waals surface area contributed by atoms with Gasteiger partial charge in [-0.2, -0.15) is 0 Å². The van der Waals surface area contributed by atoms with Crippen molar-refractivity contribution in [2.45, 2.75) is 32.4 Å². The Bertz CT molecular complexity index is 433. The van der Waals surface area contributed by atoms with Crippen LogP contribution in [0.25, 0.3) is 0 Å². The van der Waals surface area contributed by atoms with Crippen molar-refractivity contribution < 1.29 is 4.79 Å². The largest absolute Gasteiger partial charge is 0.353 e. The first kappa shape index (κ1) is 12.8. The van der Waals surface area contributed by atoms with Gasteiger partial charge in [0.05, 0.1) is 0 Å². The Hall–Kier alpha value is -1.62. The normalized spacial score (nSPS) is 21.6. The van der Waals surface area contributed by atoms with Crippen molar-refractivity contribution in [3.63, 3.8) is 0 Å². The van der Waals surface area contributed by atoms with Gasteiger partial charge in [0.2, 0.25) is 5.91 Å². The fourth-order valence-electron chi connectivity index (χ4n) is 2.27. The average Bonchev–Trinajstić information content (AvgIpc) is 2.38. The minimum atomic E-state index is -0.130. The lowest BCUT2D eigenvalue weighted by atomic mass is 10.1. The molecule has 1 fully saturated rings.